The first-order valence-corrected chi connectivity index (χ1v) is 6.30. The lowest BCUT2D eigenvalue weighted by atomic mass is 10.1. The van der Waals surface area contributed by atoms with Crippen molar-refractivity contribution in [3.63, 3.8) is 0 Å². The smallest absolute Gasteiger partial charge is 0.0604 e. The van der Waals surface area contributed by atoms with Crippen molar-refractivity contribution in [2.75, 3.05) is 42.2 Å². The number of piperidine rings is 1. The fourth-order valence-electron chi connectivity index (χ4n) is 2.29. The van der Waals surface area contributed by atoms with Gasteiger partial charge in [-0.25, -0.2) is 0 Å². The van der Waals surface area contributed by atoms with Crippen LogP contribution in [0.2, 0.25) is 0 Å². The maximum absolute atomic E-state index is 8.75. The van der Waals surface area contributed by atoms with Crippen molar-refractivity contribution in [3.05, 3.63) is 18.2 Å². The minimum Gasteiger partial charge on any atom is -0.397 e. The highest BCUT2D eigenvalue weighted by Crippen LogP contribution is 2.28. The molecule has 4 heteroatoms. The summed E-state index contributed by atoms with van der Waals surface area (Å²) in [4.78, 5) is 2.36. The van der Waals surface area contributed by atoms with Gasteiger partial charge in [-0.3, -0.25) is 0 Å². The second kappa shape index (κ2) is 5.77. The van der Waals surface area contributed by atoms with Gasteiger partial charge in [-0.1, -0.05) is 0 Å². The molecule has 0 saturated carbocycles. The van der Waals surface area contributed by atoms with E-state index in [0.717, 1.165) is 30.2 Å². The number of benzene rings is 1. The molecule has 1 aliphatic rings. The highest BCUT2D eigenvalue weighted by atomic mass is 16.3. The van der Waals surface area contributed by atoms with Gasteiger partial charge in [-0.15, -0.1) is 0 Å². The predicted molar refractivity (Wildman–Crippen MR) is 72.5 cm³/mol. The number of nitrogens with one attached hydrogen (secondary N) is 1. The minimum atomic E-state index is 0.133. The monoisotopic (exact) mass is 235 g/mol. The Balaban J connectivity index is 2.07. The summed E-state index contributed by atoms with van der Waals surface area (Å²) in [7, 11) is 0. The Labute approximate surface area is 102 Å². The number of hydrogen-bond acceptors (Lipinski definition) is 4. The largest absolute Gasteiger partial charge is 0.397 e. The Hall–Kier alpha value is -1.42. The maximum Gasteiger partial charge on any atom is 0.0604 e. The molecule has 0 amide bonds. The van der Waals surface area contributed by atoms with Crippen LogP contribution in [0.25, 0.3) is 0 Å². The molecule has 0 bridgehead atoms. The standard InChI is InChI=1S/C13H21N3O/c14-12-10-11(15-6-9-17)4-5-13(12)16-7-2-1-3-8-16/h4-5,10,15,17H,1-3,6-9,14H2. The van der Waals surface area contributed by atoms with Crippen LogP contribution in [-0.2, 0) is 0 Å². The molecule has 1 aliphatic heterocycles. The van der Waals surface area contributed by atoms with Crippen molar-refractivity contribution in [2.45, 2.75) is 19.3 Å². The first-order chi connectivity index (χ1) is 8.31. The molecule has 0 atom stereocenters. The molecule has 0 spiro atoms. The van der Waals surface area contributed by atoms with Gasteiger partial charge in [-0.05, 0) is 37.5 Å². The molecule has 1 aromatic rings. The fourth-order valence-corrected chi connectivity index (χ4v) is 2.29. The molecule has 94 valence electrons. The van der Waals surface area contributed by atoms with E-state index >= 15 is 0 Å². The molecule has 0 radical (unpaired) electrons. The van der Waals surface area contributed by atoms with Gasteiger partial charge >= 0.3 is 0 Å². The molecule has 0 unspecified atom stereocenters. The number of aliphatic hydroxyl groups is 1. The summed E-state index contributed by atoms with van der Waals surface area (Å²) in [5, 5.41) is 11.9. The summed E-state index contributed by atoms with van der Waals surface area (Å²) in [6, 6.07) is 6.04. The van der Waals surface area contributed by atoms with E-state index in [0.29, 0.717) is 6.54 Å². The summed E-state index contributed by atoms with van der Waals surface area (Å²) in [6.07, 6.45) is 3.83. The van der Waals surface area contributed by atoms with Crippen molar-refractivity contribution < 1.29 is 5.11 Å². The average molecular weight is 235 g/mol. The lowest BCUT2D eigenvalue weighted by Gasteiger charge is -2.30. The Kier molecular flexibility index (Phi) is 4.09. The van der Waals surface area contributed by atoms with Gasteiger partial charge in [0.1, 0.15) is 0 Å². The van der Waals surface area contributed by atoms with E-state index in [1.807, 2.05) is 12.1 Å². The van der Waals surface area contributed by atoms with Gasteiger partial charge in [0.2, 0.25) is 0 Å². The SMILES string of the molecule is Nc1cc(NCCO)ccc1N1CCCCC1. The molecule has 1 aromatic carbocycles. The van der Waals surface area contributed by atoms with Crippen molar-refractivity contribution >= 4 is 17.1 Å². The molecule has 2 rings (SSSR count). The highest BCUT2D eigenvalue weighted by Gasteiger charge is 2.13. The Morgan fingerprint density at radius 2 is 2.00 bits per heavy atom. The zero-order chi connectivity index (χ0) is 12.1. The van der Waals surface area contributed by atoms with Crippen molar-refractivity contribution in [2.24, 2.45) is 0 Å². The van der Waals surface area contributed by atoms with E-state index in [9.17, 15) is 0 Å². The van der Waals surface area contributed by atoms with Crippen LogP contribution in [0.5, 0.6) is 0 Å². The lowest BCUT2D eigenvalue weighted by molar-refractivity contribution is 0.311. The van der Waals surface area contributed by atoms with Crippen molar-refractivity contribution in [1.82, 2.24) is 0 Å². The lowest BCUT2D eigenvalue weighted by Crippen LogP contribution is -2.30. The zero-order valence-electron chi connectivity index (χ0n) is 10.2. The number of hydrogen-bond donors (Lipinski definition) is 3. The summed E-state index contributed by atoms with van der Waals surface area (Å²) in [5.74, 6) is 0. The molecule has 4 N–H and O–H groups in total. The van der Waals surface area contributed by atoms with E-state index < -0.39 is 0 Å². The Morgan fingerprint density at radius 1 is 1.24 bits per heavy atom. The number of nitrogens with zero attached hydrogens (tertiary/aromatic N) is 1. The Morgan fingerprint density at radius 3 is 2.65 bits per heavy atom. The van der Waals surface area contributed by atoms with Gasteiger partial charge in [0, 0.05) is 25.3 Å². The molecule has 0 aromatic heterocycles. The third-order valence-corrected chi connectivity index (χ3v) is 3.17. The van der Waals surface area contributed by atoms with Crippen LogP contribution >= 0.6 is 0 Å². The number of rotatable bonds is 4. The van der Waals surface area contributed by atoms with Crippen LogP contribution in [0.15, 0.2) is 18.2 Å². The van der Waals surface area contributed by atoms with Crippen LogP contribution in [-0.4, -0.2) is 31.3 Å². The normalized spacial score (nSPS) is 15.9. The fraction of sp³-hybridized carbons (Fsp3) is 0.538. The molecule has 1 fully saturated rings. The van der Waals surface area contributed by atoms with E-state index in [2.05, 4.69) is 16.3 Å². The van der Waals surface area contributed by atoms with Crippen LogP contribution in [0, 0.1) is 0 Å². The van der Waals surface area contributed by atoms with Gasteiger partial charge in [0.05, 0.1) is 18.0 Å². The minimum absolute atomic E-state index is 0.133. The first kappa shape index (κ1) is 12.0. The second-order valence-electron chi connectivity index (χ2n) is 4.47. The van der Waals surface area contributed by atoms with E-state index in [-0.39, 0.29) is 6.61 Å². The zero-order valence-corrected chi connectivity index (χ0v) is 10.2. The highest BCUT2D eigenvalue weighted by molar-refractivity contribution is 5.72. The molecular weight excluding hydrogens is 214 g/mol. The third kappa shape index (κ3) is 3.03. The predicted octanol–water partition coefficient (Wildman–Crippen LogP) is 1.66. The van der Waals surface area contributed by atoms with Gasteiger partial charge in [0.25, 0.3) is 0 Å². The second-order valence-corrected chi connectivity index (χ2v) is 4.47. The van der Waals surface area contributed by atoms with Gasteiger partial charge in [-0.2, -0.15) is 0 Å². The van der Waals surface area contributed by atoms with Crippen LogP contribution in [0.3, 0.4) is 0 Å². The number of nitrogens with two attached hydrogens (primary N) is 1. The first-order valence-electron chi connectivity index (χ1n) is 6.30. The van der Waals surface area contributed by atoms with Gasteiger partial charge < -0.3 is 21.1 Å². The topological polar surface area (TPSA) is 61.5 Å². The molecular formula is C13H21N3O. The molecule has 1 heterocycles. The maximum atomic E-state index is 8.75. The van der Waals surface area contributed by atoms with E-state index in [4.69, 9.17) is 10.8 Å². The molecule has 4 nitrogen and oxygen atoms in total. The van der Waals surface area contributed by atoms with Gasteiger partial charge in [0.15, 0.2) is 0 Å². The van der Waals surface area contributed by atoms with Crippen LogP contribution < -0.4 is 16.0 Å². The van der Waals surface area contributed by atoms with Crippen molar-refractivity contribution in [3.8, 4) is 0 Å². The third-order valence-electron chi connectivity index (χ3n) is 3.17. The van der Waals surface area contributed by atoms with Crippen LogP contribution in [0.1, 0.15) is 19.3 Å². The molecule has 0 aliphatic carbocycles. The van der Waals surface area contributed by atoms with Crippen molar-refractivity contribution in [1.29, 1.82) is 0 Å². The Bertz CT molecular complexity index is 362. The quantitative estimate of drug-likeness (QED) is 0.695. The van der Waals surface area contributed by atoms with E-state index in [1.54, 1.807) is 0 Å². The summed E-state index contributed by atoms with van der Waals surface area (Å²) >= 11 is 0. The molecule has 1 saturated heterocycles. The summed E-state index contributed by atoms with van der Waals surface area (Å²) in [6.45, 7) is 2.90. The number of nitrogen functional groups attached to an aromatic ring is 1. The van der Waals surface area contributed by atoms with E-state index in [1.165, 1.54) is 19.3 Å². The average Bonchev–Trinajstić information content (AvgIpc) is 2.37. The number of anilines is 3. The number of aliphatic hydroxyl groups excluding tert-OH is 1. The summed E-state index contributed by atoms with van der Waals surface area (Å²) in [5.41, 5.74) is 9.00. The summed E-state index contributed by atoms with van der Waals surface area (Å²) < 4.78 is 0. The van der Waals surface area contributed by atoms with Crippen LogP contribution in [0.4, 0.5) is 17.1 Å². The molecule has 17 heavy (non-hydrogen) atoms.